The highest BCUT2D eigenvalue weighted by Crippen LogP contribution is 2.25. The van der Waals surface area contributed by atoms with Crippen molar-refractivity contribution in [2.45, 2.75) is 33.6 Å². The molecule has 7 heteroatoms. The van der Waals surface area contributed by atoms with Crippen LogP contribution in [0.4, 0.5) is 5.69 Å². The summed E-state index contributed by atoms with van der Waals surface area (Å²) in [5.41, 5.74) is -0.0444. The molecule has 1 aliphatic heterocycles. The van der Waals surface area contributed by atoms with Gasteiger partial charge in [-0.15, -0.1) is 0 Å². The van der Waals surface area contributed by atoms with Gasteiger partial charge in [0.2, 0.25) is 11.8 Å². The highest BCUT2D eigenvalue weighted by Gasteiger charge is 2.33. The fourth-order valence-corrected chi connectivity index (χ4v) is 3.12. The minimum Gasteiger partial charge on any atom is -0.478 e. The van der Waals surface area contributed by atoms with Gasteiger partial charge < -0.3 is 15.3 Å². The molecule has 2 N–H and O–H groups in total. The van der Waals surface area contributed by atoms with Gasteiger partial charge in [-0.3, -0.25) is 9.59 Å². The summed E-state index contributed by atoms with van der Waals surface area (Å²) in [6, 6.07) is 4.29. The van der Waals surface area contributed by atoms with Crippen LogP contribution in [-0.2, 0) is 9.59 Å². The summed E-state index contributed by atoms with van der Waals surface area (Å²) in [6.07, 6.45) is 1.49. The zero-order chi connectivity index (χ0) is 18.8. The van der Waals surface area contributed by atoms with Gasteiger partial charge in [0, 0.05) is 24.2 Å². The highest BCUT2D eigenvalue weighted by atomic mass is 35.5. The lowest BCUT2D eigenvalue weighted by Gasteiger charge is -2.35. The third-order valence-electron chi connectivity index (χ3n) is 4.19. The summed E-state index contributed by atoms with van der Waals surface area (Å²) in [6.45, 7) is 6.66. The van der Waals surface area contributed by atoms with Crippen molar-refractivity contribution in [3.05, 3.63) is 28.8 Å². The largest absolute Gasteiger partial charge is 0.478 e. The molecule has 0 aromatic heterocycles. The molecule has 1 aromatic rings. The fraction of sp³-hybridized carbons (Fsp3) is 0.500. The molecule has 0 spiro atoms. The van der Waals surface area contributed by atoms with Crippen LogP contribution in [0.1, 0.15) is 44.0 Å². The number of carboxylic acid groups (broad SMARTS) is 1. The Morgan fingerprint density at radius 1 is 1.28 bits per heavy atom. The first-order valence-electron chi connectivity index (χ1n) is 8.22. The van der Waals surface area contributed by atoms with Crippen molar-refractivity contribution < 1.29 is 19.5 Å². The van der Waals surface area contributed by atoms with Crippen LogP contribution >= 0.6 is 11.6 Å². The Morgan fingerprint density at radius 2 is 1.96 bits per heavy atom. The molecule has 0 radical (unpaired) electrons. The van der Waals surface area contributed by atoms with Gasteiger partial charge in [-0.25, -0.2) is 4.79 Å². The fourth-order valence-electron chi connectivity index (χ4n) is 2.86. The smallest absolute Gasteiger partial charge is 0.337 e. The first-order chi connectivity index (χ1) is 11.6. The minimum atomic E-state index is -1.12. The predicted octanol–water partition coefficient (Wildman–Crippen LogP) is 3.26. The number of nitrogens with one attached hydrogen (secondary N) is 1. The Balaban J connectivity index is 2.04. The highest BCUT2D eigenvalue weighted by molar-refractivity contribution is 6.33. The molecular weight excluding hydrogens is 344 g/mol. The van der Waals surface area contributed by atoms with Gasteiger partial charge in [0.05, 0.1) is 16.5 Å². The Morgan fingerprint density at radius 3 is 2.52 bits per heavy atom. The second kappa shape index (κ2) is 7.44. The van der Waals surface area contributed by atoms with E-state index >= 15 is 0 Å². The summed E-state index contributed by atoms with van der Waals surface area (Å²) in [5.74, 6) is -1.56. The maximum absolute atomic E-state index is 12.5. The van der Waals surface area contributed by atoms with E-state index in [4.69, 9.17) is 16.7 Å². The minimum absolute atomic E-state index is 0.0146. The van der Waals surface area contributed by atoms with Crippen LogP contribution in [0, 0.1) is 11.3 Å². The number of amides is 2. The molecule has 1 aliphatic rings. The van der Waals surface area contributed by atoms with Crippen LogP contribution in [0.3, 0.4) is 0 Å². The zero-order valence-corrected chi connectivity index (χ0v) is 15.4. The number of nitrogens with zero attached hydrogens (tertiary/aromatic N) is 1. The monoisotopic (exact) mass is 366 g/mol. The molecule has 2 amide bonds. The Labute approximate surface area is 152 Å². The lowest BCUT2D eigenvalue weighted by molar-refractivity contribution is -0.142. The second-order valence-corrected chi connectivity index (χ2v) is 7.74. The maximum Gasteiger partial charge on any atom is 0.337 e. The van der Waals surface area contributed by atoms with Gasteiger partial charge in [-0.2, -0.15) is 0 Å². The predicted molar refractivity (Wildman–Crippen MR) is 95.8 cm³/mol. The second-order valence-electron chi connectivity index (χ2n) is 7.33. The van der Waals surface area contributed by atoms with E-state index in [0.717, 1.165) is 6.42 Å². The van der Waals surface area contributed by atoms with Crippen molar-refractivity contribution >= 4 is 35.1 Å². The van der Waals surface area contributed by atoms with Crippen molar-refractivity contribution in [3.8, 4) is 0 Å². The van der Waals surface area contributed by atoms with E-state index in [0.29, 0.717) is 25.2 Å². The van der Waals surface area contributed by atoms with Gasteiger partial charge in [0.1, 0.15) is 0 Å². The SMILES string of the molecule is CC(C)(C)C(=O)N1CCCC(C(=O)Nc2ccc(C(=O)O)c(Cl)c2)C1. The van der Waals surface area contributed by atoms with Crippen LogP contribution < -0.4 is 5.32 Å². The normalized spacial score (nSPS) is 17.9. The van der Waals surface area contributed by atoms with E-state index in [-0.39, 0.29) is 28.3 Å². The van der Waals surface area contributed by atoms with E-state index in [1.54, 1.807) is 4.90 Å². The number of aromatic carboxylic acids is 1. The van der Waals surface area contributed by atoms with Crippen molar-refractivity contribution in [2.24, 2.45) is 11.3 Å². The number of piperidine rings is 1. The average molecular weight is 367 g/mol. The molecule has 1 atom stereocenters. The van der Waals surface area contributed by atoms with Gasteiger partial charge in [0.15, 0.2) is 0 Å². The lowest BCUT2D eigenvalue weighted by atomic mass is 9.91. The molecule has 1 saturated heterocycles. The van der Waals surface area contributed by atoms with Gasteiger partial charge in [0.25, 0.3) is 0 Å². The first-order valence-corrected chi connectivity index (χ1v) is 8.60. The summed E-state index contributed by atoms with van der Waals surface area (Å²) in [7, 11) is 0. The lowest BCUT2D eigenvalue weighted by Crippen LogP contribution is -2.47. The Hall–Kier alpha value is -2.08. The zero-order valence-electron chi connectivity index (χ0n) is 14.6. The molecule has 0 saturated carbocycles. The summed E-state index contributed by atoms with van der Waals surface area (Å²) in [5, 5.41) is 11.8. The van der Waals surface area contributed by atoms with Gasteiger partial charge >= 0.3 is 5.97 Å². The number of hydrogen-bond donors (Lipinski definition) is 2. The number of rotatable bonds is 3. The Kier molecular flexibility index (Phi) is 5.72. The molecule has 1 unspecified atom stereocenters. The molecule has 0 aliphatic carbocycles. The van der Waals surface area contributed by atoms with E-state index in [9.17, 15) is 14.4 Å². The van der Waals surface area contributed by atoms with Crippen LogP contribution in [-0.4, -0.2) is 40.9 Å². The van der Waals surface area contributed by atoms with Crippen LogP contribution in [0.5, 0.6) is 0 Å². The van der Waals surface area contributed by atoms with Crippen molar-refractivity contribution in [1.82, 2.24) is 4.90 Å². The average Bonchev–Trinajstić information content (AvgIpc) is 2.53. The molecule has 6 nitrogen and oxygen atoms in total. The molecule has 25 heavy (non-hydrogen) atoms. The maximum atomic E-state index is 12.5. The van der Waals surface area contributed by atoms with E-state index in [1.807, 2.05) is 20.8 Å². The number of hydrogen-bond acceptors (Lipinski definition) is 3. The van der Waals surface area contributed by atoms with Crippen molar-refractivity contribution in [2.75, 3.05) is 18.4 Å². The van der Waals surface area contributed by atoms with Crippen molar-refractivity contribution in [1.29, 1.82) is 0 Å². The summed E-state index contributed by atoms with van der Waals surface area (Å²) < 4.78 is 0. The van der Waals surface area contributed by atoms with Crippen LogP contribution in [0.2, 0.25) is 5.02 Å². The third-order valence-corrected chi connectivity index (χ3v) is 4.50. The van der Waals surface area contributed by atoms with Crippen molar-refractivity contribution in [3.63, 3.8) is 0 Å². The van der Waals surface area contributed by atoms with E-state index in [1.165, 1.54) is 18.2 Å². The number of carbonyl (C=O) groups excluding carboxylic acids is 2. The quantitative estimate of drug-likeness (QED) is 0.859. The molecule has 1 aromatic carbocycles. The molecule has 0 bridgehead atoms. The number of anilines is 1. The topological polar surface area (TPSA) is 86.7 Å². The number of halogens is 1. The summed E-state index contributed by atoms with van der Waals surface area (Å²) >= 11 is 5.92. The van der Waals surface area contributed by atoms with Gasteiger partial charge in [-0.05, 0) is 31.0 Å². The standard InChI is InChI=1S/C18H23ClN2O4/c1-18(2,3)17(25)21-8-4-5-11(10-21)15(22)20-12-6-7-13(16(23)24)14(19)9-12/h6-7,9,11H,4-5,8,10H2,1-3H3,(H,20,22)(H,23,24). The molecular formula is C18H23ClN2O4. The molecule has 1 heterocycles. The molecule has 2 rings (SSSR count). The molecule has 136 valence electrons. The molecule has 1 fully saturated rings. The first kappa shape index (κ1) is 19.2. The Bertz CT molecular complexity index is 697. The van der Waals surface area contributed by atoms with Gasteiger partial charge in [-0.1, -0.05) is 32.4 Å². The van der Waals surface area contributed by atoms with E-state index in [2.05, 4.69) is 5.32 Å². The number of carboxylic acids is 1. The third kappa shape index (κ3) is 4.72. The van der Waals surface area contributed by atoms with E-state index < -0.39 is 11.4 Å². The number of benzene rings is 1. The number of likely N-dealkylation sites (tertiary alicyclic amines) is 1. The van der Waals surface area contributed by atoms with Crippen LogP contribution in [0.25, 0.3) is 0 Å². The summed E-state index contributed by atoms with van der Waals surface area (Å²) in [4.78, 5) is 37.6. The van der Waals surface area contributed by atoms with Crippen LogP contribution in [0.15, 0.2) is 18.2 Å². The number of carbonyl (C=O) groups is 3.